The Labute approximate surface area is 196 Å². The van der Waals surface area contributed by atoms with Crippen molar-refractivity contribution in [2.45, 2.75) is 57.7 Å². The van der Waals surface area contributed by atoms with E-state index < -0.39 is 5.60 Å². The molecule has 2 aromatic heterocycles. The van der Waals surface area contributed by atoms with E-state index in [0.717, 1.165) is 12.1 Å². The van der Waals surface area contributed by atoms with Crippen molar-refractivity contribution in [1.82, 2.24) is 19.2 Å². The summed E-state index contributed by atoms with van der Waals surface area (Å²) in [5.74, 6) is 0.607. The molecular formula is C25H28N4O3S. The third kappa shape index (κ3) is 4.66. The first kappa shape index (κ1) is 23.0. The molecule has 0 aliphatic carbocycles. The second kappa shape index (κ2) is 9.02. The smallest absolute Gasteiger partial charge is 0.316 e. The van der Waals surface area contributed by atoms with Crippen LogP contribution in [0.25, 0.3) is 22.4 Å². The molecule has 4 aromatic rings. The summed E-state index contributed by atoms with van der Waals surface area (Å²) in [5.41, 5.74) is 1.92. The third-order valence-electron chi connectivity index (χ3n) is 5.47. The Kier molecular flexibility index (Phi) is 6.30. The zero-order valence-corrected chi connectivity index (χ0v) is 20.3. The van der Waals surface area contributed by atoms with Gasteiger partial charge in [0, 0.05) is 0 Å². The number of para-hydroxylation sites is 1. The van der Waals surface area contributed by atoms with Crippen molar-refractivity contribution in [3.8, 4) is 5.69 Å². The molecule has 8 heteroatoms. The lowest BCUT2D eigenvalue weighted by molar-refractivity contribution is -0.151. The molecule has 33 heavy (non-hydrogen) atoms. The molecule has 0 N–H and O–H groups in total. The Morgan fingerprint density at radius 3 is 2.45 bits per heavy atom. The SMILES string of the molecule is CCC(C)c1ccc(-n2c(=O)c3ccccc3n3c(SCC(=O)OC(C)(C)C)nnc23)cc1. The average molecular weight is 465 g/mol. The van der Waals surface area contributed by atoms with Gasteiger partial charge in [-0.1, -0.05) is 49.9 Å². The van der Waals surface area contributed by atoms with Crippen LogP contribution in [0.15, 0.2) is 58.5 Å². The fraction of sp³-hybridized carbons (Fsp3) is 0.360. The number of fused-ring (bicyclic) bond motifs is 3. The summed E-state index contributed by atoms with van der Waals surface area (Å²) >= 11 is 1.24. The van der Waals surface area contributed by atoms with Gasteiger partial charge in [0.2, 0.25) is 5.78 Å². The molecule has 1 atom stereocenters. The van der Waals surface area contributed by atoms with Gasteiger partial charge in [-0.15, -0.1) is 10.2 Å². The van der Waals surface area contributed by atoms with E-state index in [2.05, 4.69) is 36.2 Å². The van der Waals surface area contributed by atoms with Gasteiger partial charge >= 0.3 is 5.97 Å². The van der Waals surface area contributed by atoms with E-state index in [1.807, 2.05) is 55.5 Å². The first-order valence-corrected chi connectivity index (χ1v) is 12.0. The highest BCUT2D eigenvalue weighted by atomic mass is 32.2. The predicted octanol–water partition coefficient (Wildman–Crippen LogP) is 4.98. The number of benzene rings is 2. The monoisotopic (exact) mass is 464 g/mol. The van der Waals surface area contributed by atoms with Crippen LogP contribution in [0.3, 0.4) is 0 Å². The second-order valence-corrected chi connectivity index (χ2v) is 9.99. The van der Waals surface area contributed by atoms with E-state index in [1.165, 1.54) is 17.3 Å². The van der Waals surface area contributed by atoms with Crippen LogP contribution in [0, 0.1) is 0 Å². The van der Waals surface area contributed by atoms with E-state index >= 15 is 0 Å². The molecule has 0 saturated heterocycles. The summed E-state index contributed by atoms with van der Waals surface area (Å²) in [6.07, 6.45) is 1.04. The Hall–Kier alpha value is -3.13. The molecule has 0 radical (unpaired) electrons. The Balaban J connectivity index is 1.82. The number of carbonyl (C=O) groups is 1. The van der Waals surface area contributed by atoms with Gasteiger partial charge in [0.05, 0.1) is 22.3 Å². The number of aromatic nitrogens is 4. The summed E-state index contributed by atoms with van der Waals surface area (Å²) in [6, 6.07) is 15.4. The van der Waals surface area contributed by atoms with Gasteiger partial charge in [0.15, 0.2) is 5.16 Å². The number of thioether (sulfide) groups is 1. The number of esters is 1. The molecule has 0 amide bonds. The van der Waals surface area contributed by atoms with E-state index in [9.17, 15) is 9.59 Å². The Bertz CT molecular complexity index is 1370. The summed E-state index contributed by atoms with van der Waals surface area (Å²) in [4.78, 5) is 25.7. The van der Waals surface area contributed by atoms with Crippen LogP contribution >= 0.6 is 11.8 Å². The lowest BCUT2D eigenvalue weighted by atomic mass is 9.98. The van der Waals surface area contributed by atoms with Gasteiger partial charge in [-0.05, 0) is 62.9 Å². The van der Waals surface area contributed by atoms with Crippen LogP contribution in [-0.2, 0) is 9.53 Å². The lowest BCUT2D eigenvalue weighted by Crippen LogP contribution is -2.25. The largest absolute Gasteiger partial charge is 0.459 e. The maximum Gasteiger partial charge on any atom is 0.316 e. The quantitative estimate of drug-likeness (QED) is 0.296. The van der Waals surface area contributed by atoms with Crippen LogP contribution in [-0.4, -0.2) is 36.5 Å². The summed E-state index contributed by atoms with van der Waals surface area (Å²) in [6.45, 7) is 9.84. The topological polar surface area (TPSA) is 78.5 Å². The lowest BCUT2D eigenvalue weighted by Gasteiger charge is -2.19. The minimum Gasteiger partial charge on any atom is -0.459 e. The molecule has 0 aliphatic rings. The Morgan fingerprint density at radius 1 is 1.09 bits per heavy atom. The van der Waals surface area contributed by atoms with E-state index in [-0.39, 0.29) is 17.3 Å². The molecular weight excluding hydrogens is 436 g/mol. The molecule has 2 aromatic carbocycles. The average Bonchev–Trinajstić information content (AvgIpc) is 3.20. The maximum atomic E-state index is 13.5. The fourth-order valence-corrected chi connectivity index (χ4v) is 4.40. The minimum atomic E-state index is -0.556. The van der Waals surface area contributed by atoms with E-state index in [1.54, 1.807) is 10.6 Å². The van der Waals surface area contributed by atoms with Gasteiger partial charge < -0.3 is 4.74 Å². The second-order valence-electron chi connectivity index (χ2n) is 9.05. The summed E-state index contributed by atoms with van der Waals surface area (Å²) in [5, 5.41) is 9.72. The number of hydrogen-bond donors (Lipinski definition) is 0. The third-order valence-corrected chi connectivity index (χ3v) is 6.37. The zero-order valence-electron chi connectivity index (χ0n) is 19.5. The highest BCUT2D eigenvalue weighted by Crippen LogP contribution is 2.25. The summed E-state index contributed by atoms with van der Waals surface area (Å²) < 4.78 is 8.82. The van der Waals surface area contributed by atoms with Crippen molar-refractivity contribution in [2.24, 2.45) is 0 Å². The van der Waals surface area contributed by atoms with Gasteiger partial charge in [0.1, 0.15) is 5.60 Å². The normalized spacial score (nSPS) is 12.9. The molecule has 7 nitrogen and oxygen atoms in total. The van der Waals surface area contributed by atoms with Crippen LogP contribution in [0.1, 0.15) is 52.5 Å². The molecule has 0 spiro atoms. The molecule has 0 bridgehead atoms. The standard InChI is InChI=1S/C25H28N4O3S/c1-6-16(2)17-11-13-18(14-12-17)28-22(31)19-9-7-8-10-20(19)29-23(28)26-27-24(29)33-15-21(30)32-25(3,4)5/h7-14,16H,6,15H2,1-5H3. The maximum absolute atomic E-state index is 13.5. The molecule has 0 aliphatic heterocycles. The Morgan fingerprint density at radius 2 is 1.79 bits per heavy atom. The number of hydrogen-bond acceptors (Lipinski definition) is 6. The highest BCUT2D eigenvalue weighted by Gasteiger charge is 2.21. The first-order chi connectivity index (χ1) is 15.7. The molecule has 4 rings (SSSR count). The van der Waals surface area contributed by atoms with Gasteiger partial charge in [-0.3, -0.25) is 14.0 Å². The van der Waals surface area contributed by atoms with Gasteiger partial charge in [-0.2, -0.15) is 0 Å². The van der Waals surface area contributed by atoms with E-state index in [0.29, 0.717) is 27.8 Å². The number of rotatable bonds is 6. The van der Waals surface area contributed by atoms with Crippen LogP contribution < -0.4 is 5.56 Å². The number of ether oxygens (including phenoxy) is 1. The molecule has 0 fully saturated rings. The van der Waals surface area contributed by atoms with Crippen molar-refractivity contribution in [3.63, 3.8) is 0 Å². The number of carbonyl (C=O) groups excluding carboxylic acids is 1. The first-order valence-electron chi connectivity index (χ1n) is 11.0. The zero-order chi connectivity index (χ0) is 23.8. The van der Waals surface area contributed by atoms with E-state index in [4.69, 9.17) is 4.74 Å². The van der Waals surface area contributed by atoms with Crippen molar-refractivity contribution < 1.29 is 9.53 Å². The van der Waals surface area contributed by atoms with Crippen molar-refractivity contribution in [2.75, 3.05) is 5.75 Å². The van der Waals surface area contributed by atoms with Crippen molar-refractivity contribution in [1.29, 1.82) is 0 Å². The van der Waals surface area contributed by atoms with Crippen molar-refractivity contribution in [3.05, 3.63) is 64.4 Å². The summed E-state index contributed by atoms with van der Waals surface area (Å²) in [7, 11) is 0. The van der Waals surface area contributed by atoms with Gasteiger partial charge in [-0.25, -0.2) is 4.57 Å². The minimum absolute atomic E-state index is 0.0924. The number of nitrogens with zero attached hydrogens (tertiary/aromatic N) is 4. The fourth-order valence-electron chi connectivity index (χ4n) is 3.69. The van der Waals surface area contributed by atoms with Crippen LogP contribution in [0.2, 0.25) is 0 Å². The molecule has 1 unspecified atom stereocenters. The predicted molar refractivity (Wildman–Crippen MR) is 131 cm³/mol. The van der Waals surface area contributed by atoms with Crippen molar-refractivity contribution >= 4 is 34.4 Å². The van der Waals surface area contributed by atoms with Gasteiger partial charge in [0.25, 0.3) is 5.56 Å². The molecule has 2 heterocycles. The molecule has 172 valence electrons. The highest BCUT2D eigenvalue weighted by molar-refractivity contribution is 7.99. The molecule has 0 saturated carbocycles. The van der Waals surface area contributed by atoms with Crippen LogP contribution in [0.4, 0.5) is 0 Å². The van der Waals surface area contributed by atoms with Crippen LogP contribution in [0.5, 0.6) is 0 Å².